The highest BCUT2D eigenvalue weighted by Crippen LogP contribution is 2.22. The minimum absolute atomic E-state index is 0.0748. The Morgan fingerprint density at radius 2 is 1.93 bits per heavy atom. The van der Waals surface area contributed by atoms with Crippen LogP contribution in [0.3, 0.4) is 0 Å². The smallest absolute Gasteiger partial charge is 0.289 e. The normalized spacial score (nSPS) is 20.4. The van der Waals surface area contributed by atoms with Gasteiger partial charge in [-0.3, -0.25) is 4.79 Å². The fourth-order valence-corrected chi connectivity index (χ4v) is 3.70. The predicted octanol–water partition coefficient (Wildman–Crippen LogP) is 3.66. The Morgan fingerprint density at radius 1 is 1.11 bits per heavy atom. The van der Waals surface area contributed by atoms with Gasteiger partial charge >= 0.3 is 0 Å². The highest BCUT2D eigenvalue weighted by molar-refractivity contribution is 5.93. The van der Waals surface area contributed by atoms with Crippen molar-refractivity contribution < 1.29 is 23.4 Å². The zero-order chi connectivity index (χ0) is 19.2. The van der Waals surface area contributed by atoms with Gasteiger partial charge in [-0.15, -0.1) is 0 Å². The van der Waals surface area contributed by atoms with Crippen molar-refractivity contribution in [2.75, 3.05) is 26.3 Å². The highest BCUT2D eigenvalue weighted by Gasteiger charge is 2.28. The van der Waals surface area contributed by atoms with E-state index in [1.54, 1.807) is 12.3 Å². The van der Waals surface area contributed by atoms with Crippen LogP contribution in [0.25, 0.3) is 0 Å². The third-order valence-corrected chi connectivity index (χ3v) is 5.35. The second-order valence-corrected chi connectivity index (χ2v) is 7.34. The third kappa shape index (κ3) is 4.75. The second-order valence-electron chi connectivity index (χ2n) is 7.34. The van der Waals surface area contributed by atoms with Gasteiger partial charge in [0.2, 0.25) is 0 Å². The summed E-state index contributed by atoms with van der Waals surface area (Å²) in [4.78, 5) is 14.7. The molecule has 2 aliphatic heterocycles. The zero-order valence-corrected chi connectivity index (χ0v) is 16.0. The summed E-state index contributed by atoms with van der Waals surface area (Å²) >= 11 is 0. The van der Waals surface area contributed by atoms with Gasteiger partial charge in [0.1, 0.15) is 12.4 Å². The first-order chi connectivity index (χ1) is 13.8. The van der Waals surface area contributed by atoms with Gasteiger partial charge in [-0.05, 0) is 43.9 Å². The zero-order valence-electron chi connectivity index (χ0n) is 16.0. The van der Waals surface area contributed by atoms with Gasteiger partial charge < -0.3 is 23.5 Å². The van der Waals surface area contributed by atoms with Crippen LogP contribution in [0.4, 0.5) is 0 Å². The number of hydrogen-bond acceptors (Lipinski definition) is 5. The van der Waals surface area contributed by atoms with Crippen LogP contribution in [-0.4, -0.2) is 49.3 Å². The van der Waals surface area contributed by atoms with Crippen LogP contribution in [0.1, 0.15) is 41.8 Å². The van der Waals surface area contributed by atoms with Crippen LogP contribution in [0, 0.1) is 0 Å². The molecular formula is C22H27NO5. The average Bonchev–Trinajstić information content (AvgIpc) is 3.43. The van der Waals surface area contributed by atoms with Crippen LogP contribution < -0.4 is 4.74 Å². The Balaban J connectivity index is 1.26. The number of carbonyl (C=O) groups is 1. The van der Waals surface area contributed by atoms with Crippen LogP contribution >= 0.6 is 0 Å². The van der Waals surface area contributed by atoms with E-state index in [-0.39, 0.29) is 18.1 Å². The van der Waals surface area contributed by atoms with Crippen molar-refractivity contribution >= 4 is 5.91 Å². The first-order valence-corrected chi connectivity index (χ1v) is 10.1. The molecule has 2 saturated heterocycles. The maximum absolute atomic E-state index is 12.9. The first kappa shape index (κ1) is 19.0. The maximum Gasteiger partial charge on any atom is 0.289 e. The molecule has 2 aliphatic rings. The minimum atomic E-state index is -0.0748. The summed E-state index contributed by atoms with van der Waals surface area (Å²) in [5.41, 5.74) is 0.769. The molecule has 2 fully saturated rings. The topological polar surface area (TPSA) is 61.1 Å². The molecule has 0 bridgehead atoms. The van der Waals surface area contributed by atoms with Crippen LogP contribution in [0.15, 0.2) is 47.1 Å². The number of carbonyl (C=O) groups excluding carboxylic acids is 1. The fourth-order valence-electron chi connectivity index (χ4n) is 3.70. The SMILES string of the molecule is O=C(c1occc1COc1ccccc1)N1CCC(OC[C@@H]2CCCO2)CC1. The van der Waals surface area contributed by atoms with E-state index >= 15 is 0 Å². The molecule has 1 amide bonds. The molecule has 6 nitrogen and oxygen atoms in total. The number of ether oxygens (including phenoxy) is 3. The van der Waals surface area contributed by atoms with Crippen molar-refractivity contribution in [2.24, 2.45) is 0 Å². The quantitative estimate of drug-likeness (QED) is 0.728. The fraction of sp³-hybridized carbons (Fsp3) is 0.500. The molecule has 150 valence electrons. The number of furan rings is 1. The second kappa shape index (κ2) is 9.26. The van der Waals surface area contributed by atoms with Crippen LogP contribution in [0.5, 0.6) is 5.75 Å². The Morgan fingerprint density at radius 3 is 2.68 bits per heavy atom. The maximum atomic E-state index is 12.9. The summed E-state index contributed by atoms with van der Waals surface area (Å²) < 4.78 is 22.9. The molecule has 3 heterocycles. The molecule has 0 aliphatic carbocycles. The van der Waals surface area contributed by atoms with Gasteiger partial charge in [0.05, 0.1) is 25.1 Å². The monoisotopic (exact) mass is 385 g/mol. The highest BCUT2D eigenvalue weighted by atomic mass is 16.5. The predicted molar refractivity (Wildman–Crippen MR) is 103 cm³/mol. The van der Waals surface area contributed by atoms with Crippen molar-refractivity contribution in [1.29, 1.82) is 0 Å². The molecule has 0 spiro atoms. The number of benzene rings is 1. The Labute approximate surface area is 165 Å². The van der Waals surface area contributed by atoms with Crippen LogP contribution in [0.2, 0.25) is 0 Å². The lowest BCUT2D eigenvalue weighted by atomic mass is 10.1. The van der Waals surface area contributed by atoms with Crippen molar-refractivity contribution in [3.63, 3.8) is 0 Å². The summed E-state index contributed by atoms with van der Waals surface area (Å²) in [5.74, 6) is 1.06. The number of hydrogen-bond donors (Lipinski definition) is 0. The summed E-state index contributed by atoms with van der Waals surface area (Å²) in [6.07, 6.45) is 5.89. The van der Waals surface area contributed by atoms with Gasteiger partial charge in [-0.2, -0.15) is 0 Å². The number of rotatable bonds is 7. The Hall–Kier alpha value is -2.31. The molecule has 1 aromatic heterocycles. The summed E-state index contributed by atoms with van der Waals surface area (Å²) in [6, 6.07) is 11.4. The molecule has 1 atom stereocenters. The van der Waals surface area contributed by atoms with Gasteiger partial charge in [0.15, 0.2) is 5.76 Å². The summed E-state index contributed by atoms with van der Waals surface area (Å²) in [6.45, 7) is 3.17. The molecular weight excluding hydrogens is 358 g/mol. The van der Waals surface area contributed by atoms with Gasteiger partial charge in [0, 0.05) is 25.3 Å². The molecule has 0 saturated carbocycles. The molecule has 28 heavy (non-hydrogen) atoms. The molecule has 2 aromatic rings. The standard InChI is InChI=1S/C22H27NO5/c24-22(21-17(10-14-26-21)15-27-18-5-2-1-3-6-18)23-11-8-19(9-12-23)28-16-20-7-4-13-25-20/h1-3,5-6,10,14,19-20H,4,7-9,11-13,15-16H2/t20-/m0/s1. The summed E-state index contributed by atoms with van der Waals surface area (Å²) in [7, 11) is 0. The van der Waals surface area contributed by atoms with Gasteiger partial charge in [0.25, 0.3) is 5.91 Å². The van der Waals surface area contributed by atoms with Crippen molar-refractivity contribution in [3.8, 4) is 5.75 Å². The molecule has 0 N–H and O–H groups in total. The Kier molecular flexibility index (Phi) is 6.29. The average molecular weight is 385 g/mol. The van der Waals surface area contributed by atoms with Crippen LogP contribution in [-0.2, 0) is 16.1 Å². The lowest BCUT2D eigenvalue weighted by molar-refractivity contribution is -0.0397. The van der Waals surface area contributed by atoms with E-state index in [0.29, 0.717) is 32.1 Å². The molecule has 0 unspecified atom stereocenters. The molecule has 4 rings (SSSR count). The number of likely N-dealkylation sites (tertiary alicyclic amines) is 1. The van der Waals surface area contributed by atoms with E-state index in [1.165, 1.54) is 0 Å². The lowest BCUT2D eigenvalue weighted by Crippen LogP contribution is -2.41. The lowest BCUT2D eigenvalue weighted by Gasteiger charge is -2.32. The van der Waals surface area contributed by atoms with E-state index in [2.05, 4.69) is 0 Å². The molecule has 0 radical (unpaired) electrons. The Bertz CT molecular complexity index is 745. The van der Waals surface area contributed by atoms with Gasteiger partial charge in [-0.1, -0.05) is 18.2 Å². The largest absolute Gasteiger partial charge is 0.489 e. The van der Waals surface area contributed by atoms with Crippen molar-refractivity contribution in [2.45, 2.75) is 44.5 Å². The van der Waals surface area contributed by atoms with E-state index in [9.17, 15) is 4.79 Å². The number of amides is 1. The third-order valence-electron chi connectivity index (χ3n) is 5.35. The summed E-state index contributed by atoms with van der Waals surface area (Å²) in [5, 5.41) is 0. The van der Waals surface area contributed by atoms with Crippen molar-refractivity contribution in [3.05, 3.63) is 54.0 Å². The molecule has 6 heteroatoms. The van der Waals surface area contributed by atoms with Gasteiger partial charge in [-0.25, -0.2) is 0 Å². The van der Waals surface area contributed by atoms with E-state index < -0.39 is 0 Å². The number of para-hydroxylation sites is 1. The van der Waals surface area contributed by atoms with E-state index in [1.807, 2.05) is 35.2 Å². The minimum Gasteiger partial charge on any atom is -0.489 e. The molecule has 1 aromatic carbocycles. The van der Waals surface area contributed by atoms with Crippen molar-refractivity contribution in [1.82, 2.24) is 4.90 Å². The number of nitrogens with zero attached hydrogens (tertiary/aromatic N) is 1. The first-order valence-electron chi connectivity index (χ1n) is 10.1. The van der Waals surface area contributed by atoms with E-state index in [4.69, 9.17) is 18.6 Å². The van der Waals surface area contributed by atoms with E-state index in [0.717, 1.165) is 43.6 Å². The number of piperidine rings is 1.